The van der Waals surface area contributed by atoms with Gasteiger partial charge in [0.1, 0.15) is 0 Å². The summed E-state index contributed by atoms with van der Waals surface area (Å²) >= 11 is 0. The molecule has 1 aliphatic rings. The highest BCUT2D eigenvalue weighted by atomic mass is 16.3. The van der Waals surface area contributed by atoms with E-state index in [1.54, 1.807) is 0 Å². The van der Waals surface area contributed by atoms with Gasteiger partial charge >= 0.3 is 0 Å². The predicted octanol–water partition coefficient (Wildman–Crippen LogP) is 4.04. The Hall–Kier alpha value is -1.38. The van der Waals surface area contributed by atoms with E-state index in [1.165, 1.54) is 36.5 Å². The molecular formula is C19H25NO. The largest absolute Gasteiger partial charge is 0.387 e. The first-order valence-electron chi connectivity index (χ1n) is 8.12. The number of hydrogen-bond acceptors (Lipinski definition) is 2. The minimum Gasteiger partial charge on any atom is -0.387 e. The number of fused-ring (bicyclic) bond motifs is 1. The summed E-state index contributed by atoms with van der Waals surface area (Å²) in [5, 5.41) is 16.4. The van der Waals surface area contributed by atoms with Gasteiger partial charge in [0.05, 0.1) is 6.10 Å². The number of aliphatic hydroxyl groups excluding tert-OH is 1. The van der Waals surface area contributed by atoms with Gasteiger partial charge in [-0.3, -0.25) is 0 Å². The van der Waals surface area contributed by atoms with Gasteiger partial charge in [0.25, 0.3) is 0 Å². The fraction of sp³-hybridized carbons (Fsp3) is 0.474. The number of benzene rings is 2. The maximum atomic E-state index is 10.4. The molecule has 21 heavy (non-hydrogen) atoms. The van der Waals surface area contributed by atoms with Gasteiger partial charge in [0, 0.05) is 12.6 Å². The fourth-order valence-corrected chi connectivity index (χ4v) is 3.43. The highest BCUT2D eigenvalue weighted by Crippen LogP contribution is 2.24. The van der Waals surface area contributed by atoms with Crippen LogP contribution in [0.3, 0.4) is 0 Å². The molecule has 0 bridgehead atoms. The van der Waals surface area contributed by atoms with Gasteiger partial charge in [0.2, 0.25) is 0 Å². The lowest BCUT2D eigenvalue weighted by Gasteiger charge is -2.28. The Morgan fingerprint density at radius 1 is 1.14 bits per heavy atom. The average molecular weight is 283 g/mol. The Balaban J connectivity index is 1.62. The third kappa shape index (κ3) is 3.63. The first-order chi connectivity index (χ1) is 10.2. The predicted molar refractivity (Wildman–Crippen MR) is 88.3 cm³/mol. The lowest BCUT2D eigenvalue weighted by atomic mass is 9.87. The summed E-state index contributed by atoms with van der Waals surface area (Å²) in [5.41, 5.74) is 1.00. The molecular weight excluding hydrogens is 258 g/mol. The monoisotopic (exact) mass is 283 g/mol. The third-order valence-electron chi connectivity index (χ3n) is 4.69. The second kappa shape index (κ2) is 6.59. The molecule has 0 spiro atoms. The van der Waals surface area contributed by atoms with Crippen LogP contribution in [-0.4, -0.2) is 17.7 Å². The number of aliphatic hydroxyl groups is 1. The van der Waals surface area contributed by atoms with Crippen LogP contribution in [0, 0.1) is 5.92 Å². The van der Waals surface area contributed by atoms with Crippen molar-refractivity contribution in [2.45, 2.75) is 44.8 Å². The van der Waals surface area contributed by atoms with E-state index >= 15 is 0 Å². The smallest absolute Gasteiger partial charge is 0.0914 e. The van der Waals surface area contributed by atoms with Crippen molar-refractivity contribution in [3.63, 3.8) is 0 Å². The summed E-state index contributed by atoms with van der Waals surface area (Å²) in [6.07, 6.45) is 4.72. The molecule has 0 radical (unpaired) electrons. The van der Waals surface area contributed by atoms with Gasteiger partial charge in [-0.05, 0) is 41.2 Å². The minimum atomic E-state index is -0.424. The molecule has 1 saturated carbocycles. The van der Waals surface area contributed by atoms with Crippen LogP contribution in [-0.2, 0) is 0 Å². The topological polar surface area (TPSA) is 32.3 Å². The first kappa shape index (κ1) is 14.6. The normalized spacial score (nSPS) is 24.1. The molecule has 0 saturated heterocycles. The summed E-state index contributed by atoms with van der Waals surface area (Å²) in [4.78, 5) is 0. The lowest BCUT2D eigenvalue weighted by molar-refractivity contribution is 0.162. The van der Waals surface area contributed by atoms with E-state index in [-0.39, 0.29) is 0 Å². The Morgan fingerprint density at radius 3 is 2.76 bits per heavy atom. The third-order valence-corrected chi connectivity index (χ3v) is 4.69. The maximum Gasteiger partial charge on any atom is 0.0914 e. The van der Waals surface area contributed by atoms with E-state index in [0.717, 1.165) is 11.5 Å². The van der Waals surface area contributed by atoms with Crippen LogP contribution >= 0.6 is 0 Å². The van der Waals surface area contributed by atoms with Gasteiger partial charge in [-0.25, -0.2) is 0 Å². The van der Waals surface area contributed by atoms with Crippen molar-refractivity contribution in [1.29, 1.82) is 0 Å². The van der Waals surface area contributed by atoms with Gasteiger partial charge in [-0.15, -0.1) is 0 Å². The molecule has 0 heterocycles. The molecule has 2 aromatic rings. The van der Waals surface area contributed by atoms with E-state index in [9.17, 15) is 5.11 Å². The van der Waals surface area contributed by atoms with Crippen LogP contribution in [0.1, 0.15) is 44.3 Å². The fourth-order valence-electron chi connectivity index (χ4n) is 3.43. The van der Waals surface area contributed by atoms with Crippen molar-refractivity contribution in [1.82, 2.24) is 5.32 Å². The highest BCUT2D eigenvalue weighted by molar-refractivity contribution is 5.83. The van der Waals surface area contributed by atoms with Gasteiger partial charge in [0.15, 0.2) is 0 Å². The molecule has 1 aliphatic carbocycles. The quantitative estimate of drug-likeness (QED) is 0.887. The van der Waals surface area contributed by atoms with Crippen LogP contribution in [0.5, 0.6) is 0 Å². The summed E-state index contributed by atoms with van der Waals surface area (Å²) in [6.45, 7) is 2.98. The summed E-state index contributed by atoms with van der Waals surface area (Å²) < 4.78 is 0. The molecule has 0 aliphatic heterocycles. The molecule has 2 heteroatoms. The molecule has 1 fully saturated rings. The van der Waals surface area contributed by atoms with Crippen LogP contribution in [0.15, 0.2) is 42.5 Å². The molecule has 112 valence electrons. The Morgan fingerprint density at radius 2 is 1.95 bits per heavy atom. The zero-order valence-electron chi connectivity index (χ0n) is 12.8. The summed E-state index contributed by atoms with van der Waals surface area (Å²) in [6, 6.07) is 15.1. The molecule has 3 atom stereocenters. The molecule has 2 N–H and O–H groups in total. The molecule has 2 nitrogen and oxygen atoms in total. The van der Waals surface area contributed by atoms with Crippen molar-refractivity contribution in [2.75, 3.05) is 6.54 Å². The standard InChI is InChI=1S/C19H25NO/c1-14-5-4-8-18(11-14)20-13-19(21)17-10-9-15-6-2-3-7-16(15)12-17/h2-3,6-7,9-10,12,14,18-21H,4-5,8,11,13H2,1H3. The summed E-state index contributed by atoms with van der Waals surface area (Å²) in [5.74, 6) is 0.814. The second-order valence-electron chi connectivity index (χ2n) is 6.50. The molecule has 3 unspecified atom stereocenters. The minimum absolute atomic E-state index is 0.424. The Bertz CT molecular complexity index is 595. The van der Waals surface area contributed by atoms with Crippen LogP contribution in [0.4, 0.5) is 0 Å². The van der Waals surface area contributed by atoms with Crippen molar-refractivity contribution >= 4 is 10.8 Å². The van der Waals surface area contributed by atoms with E-state index in [2.05, 4.69) is 36.5 Å². The average Bonchev–Trinajstić information content (AvgIpc) is 2.52. The molecule has 2 aromatic carbocycles. The van der Waals surface area contributed by atoms with E-state index in [0.29, 0.717) is 12.6 Å². The van der Waals surface area contributed by atoms with Crippen LogP contribution in [0.25, 0.3) is 10.8 Å². The summed E-state index contributed by atoms with van der Waals surface area (Å²) in [7, 11) is 0. The van der Waals surface area contributed by atoms with E-state index in [1.807, 2.05) is 18.2 Å². The Kier molecular flexibility index (Phi) is 4.57. The van der Waals surface area contributed by atoms with E-state index in [4.69, 9.17) is 0 Å². The number of hydrogen-bond donors (Lipinski definition) is 2. The van der Waals surface area contributed by atoms with Crippen molar-refractivity contribution < 1.29 is 5.11 Å². The molecule has 0 aromatic heterocycles. The zero-order valence-corrected chi connectivity index (χ0v) is 12.8. The number of nitrogens with one attached hydrogen (secondary N) is 1. The van der Waals surface area contributed by atoms with E-state index < -0.39 is 6.10 Å². The molecule has 3 rings (SSSR count). The highest BCUT2D eigenvalue weighted by Gasteiger charge is 2.19. The second-order valence-corrected chi connectivity index (χ2v) is 6.50. The first-order valence-corrected chi connectivity index (χ1v) is 8.12. The zero-order chi connectivity index (χ0) is 14.7. The van der Waals surface area contributed by atoms with Crippen LogP contribution < -0.4 is 5.32 Å². The SMILES string of the molecule is CC1CCCC(NCC(O)c2ccc3ccccc3c2)C1. The number of rotatable bonds is 4. The van der Waals surface area contributed by atoms with Crippen molar-refractivity contribution in [3.8, 4) is 0 Å². The lowest BCUT2D eigenvalue weighted by Crippen LogP contribution is -2.36. The van der Waals surface area contributed by atoms with Gasteiger partial charge < -0.3 is 10.4 Å². The van der Waals surface area contributed by atoms with Gasteiger partial charge in [-0.1, -0.05) is 56.2 Å². The van der Waals surface area contributed by atoms with Crippen molar-refractivity contribution in [2.24, 2.45) is 5.92 Å². The van der Waals surface area contributed by atoms with Crippen molar-refractivity contribution in [3.05, 3.63) is 48.0 Å². The van der Waals surface area contributed by atoms with Crippen LogP contribution in [0.2, 0.25) is 0 Å². The molecule has 0 amide bonds. The van der Waals surface area contributed by atoms with Gasteiger partial charge in [-0.2, -0.15) is 0 Å². The maximum absolute atomic E-state index is 10.4. The Labute approximate surface area is 127 Å².